The van der Waals surface area contributed by atoms with Crippen molar-refractivity contribution in [1.29, 1.82) is 0 Å². The highest BCUT2D eigenvalue weighted by molar-refractivity contribution is 5.64. The third kappa shape index (κ3) is 3.64. The molecule has 0 fully saturated rings. The monoisotopic (exact) mass is 305 g/mol. The van der Waals surface area contributed by atoms with Crippen molar-refractivity contribution < 1.29 is 10.2 Å². The summed E-state index contributed by atoms with van der Waals surface area (Å²) in [4.78, 5) is 2.14. The van der Waals surface area contributed by atoms with Crippen molar-refractivity contribution in [2.45, 2.75) is 13.5 Å². The molecule has 3 aromatic carbocycles. The summed E-state index contributed by atoms with van der Waals surface area (Å²) in [5.74, 6) is 0.490. The van der Waals surface area contributed by atoms with Crippen molar-refractivity contribution in [2.75, 3.05) is 4.90 Å². The number of phenols is 2. The van der Waals surface area contributed by atoms with Gasteiger partial charge in [0.15, 0.2) is 0 Å². The first-order valence-electron chi connectivity index (χ1n) is 7.53. The van der Waals surface area contributed by atoms with Crippen molar-refractivity contribution in [1.82, 2.24) is 0 Å². The molecule has 0 saturated heterocycles. The number of aryl methyl sites for hydroxylation is 1. The molecule has 0 spiro atoms. The smallest absolute Gasteiger partial charge is 0.115 e. The third-order valence-corrected chi connectivity index (χ3v) is 3.78. The van der Waals surface area contributed by atoms with E-state index in [9.17, 15) is 10.2 Å². The number of hydrogen-bond acceptors (Lipinski definition) is 3. The van der Waals surface area contributed by atoms with Gasteiger partial charge in [0.25, 0.3) is 0 Å². The second kappa shape index (κ2) is 6.44. The molecule has 0 aliphatic carbocycles. The van der Waals surface area contributed by atoms with Crippen LogP contribution in [0.15, 0.2) is 72.8 Å². The normalized spacial score (nSPS) is 10.5. The number of anilines is 2. The summed E-state index contributed by atoms with van der Waals surface area (Å²) in [5, 5.41) is 19.0. The molecule has 0 aromatic heterocycles. The summed E-state index contributed by atoms with van der Waals surface area (Å²) in [5.41, 5.74) is 4.38. The topological polar surface area (TPSA) is 43.7 Å². The van der Waals surface area contributed by atoms with E-state index in [0.717, 1.165) is 11.4 Å². The van der Waals surface area contributed by atoms with Gasteiger partial charge in [-0.1, -0.05) is 29.8 Å². The average Bonchev–Trinajstić information content (AvgIpc) is 2.56. The van der Waals surface area contributed by atoms with Crippen molar-refractivity contribution >= 4 is 11.4 Å². The minimum absolute atomic E-state index is 0.245. The van der Waals surface area contributed by atoms with E-state index < -0.39 is 0 Å². The van der Waals surface area contributed by atoms with Gasteiger partial charge in [-0.25, -0.2) is 0 Å². The van der Waals surface area contributed by atoms with Crippen LogP contribution in [0.4, 0.5) is 11.4 Å². The molecule has 2 N–H and O–H groups in total. The Balaban J connectivity index is 1.97. The second-order valence-electron chi connectivity index (χ2n) is 5.60. The highest BCUT2D eigenvalue weighted by Gasteiger charge is 2.10. The minimum atomic E-state index is 0.245. The number of hydrogen-bond donors (Lipinski definition) is 2. The fourth-order valence-corrected chi connectivity index (χ4v) is 2.47. The largest absolute Gasteiger partial charge is 0.508 e. The molecule has 3 nitrogen and oxygen atoms in total. The lowest BCUT2D eigenvalue weighted by Gasteiger charge is -2.25. The Morgan fingerprint density at radius 3 is 1.52 bits per heavy atom. The Bertz CT molecular complexity index is 717. The van der Waals surface area contributed by atoms with Crippen LogP contribution in [0.2, 0.25) is 0 Å². The highest BCUT2D eigenvalue weighted by atomic mass is 16.3. The van der Waals surface area contributed by atoms with Gasteiger partial charge in [-0.2, -0.15) is 0 Å². The van der Waals surface area contributed by atoms with Gasteiger partial charge in [0, 0.05) is 17.9 Å². The van der Waals surface area contributed by atoms with E-state index in [1.54, 1.807) is 24.3 Å². The van der Waals surface area contributed by atoms with Crippen LogP contribution in [-0.2, 0) is 6.54 Å². The summed E-state index contributed by atoms with van der Waals surface area (Å²) >= 11 is 0. The SMILES string of the molecule is Cc1ccc(CN(c2ccc(O)cc2)c2ccc(O)cc2)cc1. The Labute approximate surface area is 136 Å². The van der Waals surface area contributed by atoms with Crippen molar-refractivity contribution in [3.05, 3.63) is 83.9 Å². The van der Waals surface area contributed by atoms with Crippen LogP contribution in [-0.4, -0.2) is 10.2 Å². The zero-order valence-corrected chi connectivity index (χ0v) is 13.0. The van der Waals surface area contributed by atoms with Crippen molar-refractivity contribution in [3.8, 4) is 11.5 Å². The van der Waals surface area contributed by atoms with Crippen LogP contribution >= 0.6 is 0 Å². The Hall–Kier alpha value is -2.94. The van der Waals surface area contributed by atoms with Gasteiger partial charge in [0.2, 0.25) is 0 Å². The molecule has 0 unspecified atom stereocenters. The van der Waals surface area contributed by atoms with Crippen molar-refractivity contribution in [2.24, 2.45) is 0 Å². The molecular weight excluding hydrogens is 286 g/mol. The average molecular weight is 305 g/mol. The third-order valence-electron chi connectivity index (χ3n) is 3.78. The van der Waals surface area contributed by atoms with Crippen LogP contribution in [0.5, 0.6) is 11.5 Å². The highest BCUT2D eigenvalue weighted by Crippen LogP contribution is 2.30. The molecular formula is C20H19NO2. The molecule has 0 aliphatic heterocycles. The lowest BCUT2D eigenvalue weighted by Crippen LogP contribution is -2.16. The summed E-state index contributed by atoms with van der Waals surface area (Å²) in [7, 11) is 0. The lowest BCUT2D eigenvalue weighted by atomic mass is 10.1. The molecule has 0 heterocycles. The van der Waals surface area contributed by atoms with Gasteiger partial charge < -0.3 is 15.1 Å². The number of phenolic OH excluding ortho intramolecular Hbond substituents is 2. The fourth-order valence-electron chi connectivity index (χ4n) is 2.47. The predicted molar refractivity (Wildman–Crippen MR) is 93.2 cm³/mol. The van der Waals surface area contributed by atoms with Gasteiger partial charge in [-0.3, -0.25) is 0 Å². The number of aromatic hydroxyl groups is 2. The maximum absolute atomic E-state index is 9.51. The van der Waals surface area contributed by atoms with Gasteiger partial charge in [-0.15, -0.1) is 0 Å². The maximum atomic E-state index is 9.51. The Kier molecular flexibility index (Phi) is 4.20. The number of nitrogens with zero attached hydrogens (tertiary/aromatic N) is 1. The van der Waals surface area contributed by atoms with Crippen LogP contribution in [0.3, 0.4) is 0 Å². The molecule has 3 rings (SSSR count). The van der Waals surface area contributed by atoms with E-state index in [1.807, 2.05) is 24.3 Å². The molecule has 0 saturated carbocycles. The standard InChI is InChI=1S/C20H19NO2/c1-15-2-4-16(5-3-15)14-21(17-6-10-19(22)11-7-17)18-8-12-20(23)13-9-18/h2-13,22-23H,14H2,1H3. The first-order chi connectivity index (χ1) is 11.1. The second-order valence-corrected chi connectivity index (χ2v) is 5.60. The van der Waals surface area contributed by atoms with Gasteiger partial charge in [-0.05, 0) is 61.0 Å². The molecule has 3 heteroatoms. The zero-order valence-electron chi connectivity index (χ0n) is 13.0. The fraction of sp³-hybridized carbons (Fsp3) is 0.100. The molecule has 0 atom stereocenters. The van der Waals surface area contributed by atoms with Crippen LogP contribution in [0.1, 0.15) is 11.1 Å². The molecule has 0 amide bonds. The first kappa shape index (κ1) is 15.0. The quantitative estimate of drug-likeness (QED) is 0.731. The summed E-state index contributed by atoms with van der Waals surface area (Å²) in [6, 6.07) is 22.7. The minimum Gasteiger partial charge on any atom is -0.508 e. The maximum Gasteiger partial charge on any atom is 0.115 e. The van der Waals surface area contributed by atoms with Crippen molar-refractivity contribution in [3.63, 3.8) is 0 Å². The van der Waals surface area contributed by atoms with Crippen LogP contribution < -0.4 is 4.90 Å². The predicted octanol–water partition coefficient (Wildman–Crippen LogP) is 4.74. The summed E-state index contributed by atoms with van der Waals surface area (Å²) < 4.78 is 0. The Morgan fingerprint density at radius 1 is 0.652 bits per heavy atom. The van der Waals surface area contributed by atoms with E-state index in [-0.39, 0.29) is 11.5 Å². The van der Waals surface area contributed by atoms with Crippen LogP contribution in [0.25, 0.3) is 0 Å². The van der Waals surface area contributed by atoms with E-state index in [4.69, 9.17) is 0 Å². The molecule has 3 aromatic rings. The number of benzene rings is 3. The van der Waals surface area contributed by atoms with E-state index in [1.165, 1.54) is 11.1 Å². The molecule has 23 heavy (non-hydrogen) atoms. The molecule has 116 valence electrons. The molecule has 0 aliphatic rings. The number of rotatable bonds is 4. The van der Waals surface area contributed by atoms with E-state index in [0.29, 0.717) is 6.54 Å². The first-order valence-corrected chi connectivity index (χ1v) is 7.53. The Morgan fingerprint density at radius 2 is 1.09 bits per heavy atom. The molecule has 0 bridgehead atoms. The van der Waals surface area contributed by atoms with Gasteiger partial charge in [0.1, 0.15) is 11.5 Å². The van der Waals surface area contributed by atoms with Gasteiger partial charge >= 0.3 is 0 Å². The van der Waals surface area contributed by atoms with Crippen LogP contribution in [0, 0.1) is 6.92 Å². The summed E-state index contributed by atoms with van der Waals surface area (Å²) in [6.07, 6.45) is 0. The zero-order chi connectivity index (χ0) is 16.2. The van der Waals surface area contributed by atoms with E-state index >= 15 is 0 Å². The lowest BCUT2D eigenvalue weighted by molar-refractivity contribution is 0.475. The molecule has 0 radical (unpaired) electrons. The summed E-state index contributed by atoms with van der Waals surface area (Å²) in [6.45, 7) is 2.78. The van der Waals surface area contributed by atoms with E-state index in [2.05, 4.69) is 36.1 Å². The van der Waals surface area contributed by atoms with Gasteiger partial charge in [0.05, 0.1) is 0 Å².